The van der Waals surface area contributed by atoms with Gasteiger partial charge in [0.15, 0.2) is 0 Å². The molecule has 0 aliphatic rings. The maximum absolute atomic E-state index is 13.4. The predicted octanol–water partition coefficient (Wildman–Crippen LogP) is 8.32. The van der Waals surface area contributed by atoms with Gasteiger partial charge in [-0.3, -0.25) is 0 Å². The second-order valence-electron chi connectivity index (χ2n) is 11.3. The van der Waals surface area contributed by atoms with Crippen LogP contribution in [0, 0.1) is 0 Å². The van der Waals surface area contributed by atoms with Crippen molar-refractivity contribution in [3.05, 3.63) is 151 Å². The number of carbonyl (C=O) groups is 2. The van der Waals surface area contributed by atoms with Crippen LogP contribution in [-0.4, -0.2) is 40.8 Å². The molecule has 0 spiro atoms. The van der Waals surface area contributed by atoms with Crippen molar-refractivity contribution in [2.45, 2.75) is 31.9 Å². The molecule has 5 rings (SSSR count). The van der Waals surface area contributed by atoms with Gasteiger partial charge in [-0.2, -0.15) is 0 Å². The van der Waals surface area contributed by atoms with Crippen LogP contribution in [0.25, 0.3) is 11.1 Å². The lowest BCUT2D eigenvalue weighted by molar-refractivity contribution is -0.153. The van der Waals surface area contributed by atoms with Crippen LogP contribution in [0.2, 0.25) is 0 Å². The topological polar surface area (TPSA) is 88.1 Å². The number of carboxylic acid groups (broad SMARTS) is 1. The molecule has 0 radical (unpaired) electrons. The van der Waals surface area contributed by atoms with E-state index in [2.05, 4.69) is 17.4 Å². The van der Waals surface area contributed by atoms with Gasteiger partial charge in [-0.05, 0) is 72.0 Å². The molecule has 2 amide bonds. The van der Waals surface area contributed by atoms with Gasteiger partial charge < -0.3 is 24.8 Å². The Bertz CT molecular complexity index is 1680. The first-order valence-electron chi connectivity index (χ1n) is 15.3. The fraction of sp³-hybridized carbons (Fsp3) is 0.179. The summed E-state index contributed by atoms with van der Waals surface area (Å²) in [5, 5.41) is 12.9. The van der Waals surface area contributed by atoms with Crippen molar-refractivity contribution >= 4 is 17.7 Å². The number of carboxylic acids is 1. The van der Waals surface area contributed by atoms with Gasteiger partial charge in [0.1, 0.15) is 11.5 Å². The molecule has 1 atom stereocenters. The highest BCUT2D eigenvalue weighted by molar-refractivity contribution is 5.89. The molecule has 0 aliphatic carbocycles. The quantitative estimate of drug-likeness (QED) is 0.123. The zero-order valence-electron chi connectivity index (χ0n) is 25.8. The van der Waals surface area contributed by atoms with E-state index in [1.165, 1.54) is 0 Å². The number of nitrogens with one attached hydrogen (secondary N) is 1. The summed E-state index contributed by atoms with van der Waals surface area (Å²) in [6.45, 7) is 2.95. The number of rotatable bonds is 14. The Morgan fingerprint density at radius 2 is 1.28 bits per heavy atom. The van der Waals surface area contributed by atoms with Gasteiger partial charge in [0.25, 0.3) is 0 Å². The number of amides is 2. The smallest absolute Gasteiger partial charge is 0.348 e. The number of hydrogen-bond acceptors (Lipinski definition) is 4. The molecule has 0 saturated carbocycles. The third-order valence-electron chi connectivity index (χ3n) is 7.59. The summed E-state index contributed by atoms with van der Waals surface area (Å²) in [7, 11) is 0. The summed E-state index contributed by atoms with van der Waals surface area (Å²) in [6, 6.07) is 44.0. The van der Waals surface area contributed by atoms with Gasteiger partial charge in [-0.25, -0.2) is 9.59 Å². The molecule has 46 heavy (non-hydrogen) atoms. The number of nitrogens with zero attached hydrogens (tertiary/aromatic N) is 1. The Morgan fingerprint density at radius 3 is 1.91 bits per heavy atom. The largest absolute Gasteiger partial charge is 0.494 e. The van der Waals surface area contributed by atoms with E-state index >= 15 is 0 Å². The van der Waals surface area contributed by atoms with E-state index in [1.807, 2.05) is 115 Å². The highest BCUT2D eigenvalue weighted by Gasteiger charge is 2.36. The van der Waals surface area contributed by atoms with Crippen LogP contribution in [0.15, 0.2) is 140 Å². The van der Waals surface area contributed by atoms with Crippen LogP contribution in [0.5, 0.6) is 11.5 Å². The zero-order valence-corrected chi connectivity index (χ0v) is 25.8. The highest BCUT2D eigenvalue weighted by atomic mass is 16.5. The Balaban J connectivity index is 1.15. The Morgan fingerprint density at radius 1 is 0.696 bits per heavy atom. The molecular weight excluding hydrogens is 576 g/mol. The number of aliphatic carboxylic acids is 1. The number of para-hydroxylation sites is 1. The summed E-state index contributed by atoms with van der Waals surface area (Å²) in [5.74, 6) is 0.135. The molecule has 5 aromatic rings. The van der Waals surface area contributed by atoms with E-state index in [-0.39, 0.29) is 12.5 Å². The third kappa shape index (κ3) is 8.99. The summed E-state index contributed by atoms with van der Waals surface area (Å²) >= 11 is 0. The number of benzene rings is 5. The van der Waals surface area contributed by atoms with E-state index < -0.39 is 11.6 Å². The van der Waals surface area contributed by atoms with E-state index in [4.69, 9.17) is 9.47 Å². The lowest BCUT2D eigenvalue weighted by Gasteiger charge is -2.26. The molecule has 0 saturated heterocycles. The van der Waals surface area contributed by atoms with Crippen molar-refractivity contribution in [2.24, 2.45) is 0 Å². The van der Waals surface area contributed by atoms with Crippen molar-refractivity contribution in [1.29, 1.82) is 0 Å². The van der Waals surface area contributed by atoms with Gasteiger partial charge in [0.05, 0.1) is 6.61 Å². The summed E-state index contributed by atoms with van der Waals surface area (Å²) in [4.78, 5) is 27.2. The molecular formula is C39H38N2O5. The van der Waals surface area contributed by atoms with Crippen molar-refractivity contribution in [2.75, 3.05) is 18.5 Å². The Kier molecular flexibility index (Phi) is 10.7. The fourth-order valence-electron chi connectivity index (χ4n) is 5.08. The molecule has 234 valence electrons. The van der Waals surface area contributed by atoms with Crippen LogP contribution in [0.4, 0.5) is 10.5 Å². The average molecular weight is 615 g/mol. The number of carbonyl (C=O) groups excluding carboxylic acids is 1. The third-order valence-corrected chi connectivity index (χ3v) is 7.59. The number of hydrogen-bond donors (Lipinski definition) is 2. The van der Waals surface area contributed by atoms with Gasteiger partial charge in [-0.1, -0.05) is 103 Å². The summed E-state index contributed by atoms with van der Waals surface area (Å²) < 4.78 is 11.8. The molecule has 0 aromatic heterocycles. The zero-order chi connectivity index (χ0) is 32.2. The van der Waals surface area contributed by atoms with Gasteiger partial charge >= 0.3 is 12.0 Å². The van der Waals surface area contributed by atoms with Gasteiger partial charge in [0.2, 0.25) is 5.60 Å². The average Bonchev–Trinajstić information content (AvgIpc) is 3.08. The molecule has 7 nitrogen and oxygen atoms in total. The van der Waals surface area contributed by atoms with E-state index in [1.54, 1.807) is 24.0 Å². The van der Waals surface area contributed by atoms with Gasteiger partial charge in [0, 0.05) is 25.2 Å². The van der Waals surface area contributed by atoms with Crippen molar-refractivity contribution in [3.63, 3.8) is 0 Å². The number of anilines is 1. The Labute approximate surface area is 270 Å². The molecule has 1 unspecified atom stereocenters. The first-order valence-corrected chi connectivity index (χ1v) is 15.3. The number of ether oxygens (including phenoxy) is 2. The molecule has 0 fully saturated rings. The van der Waals surface area contributed by atoms with Crippen LogP contribution < -0.4 is 14.8 Å². The maximum atomic E-state index is 13.4. The minimum absolute atomic E-state index is 0.181. The standard InChI is InChI=1S/C39H38N2O5/c1-39(37(42)43,46-36-16-9-4-10-17-36)28-30-18-24-35(25-19-30)45-27-11-26-41(29-31-12-5-2-6-13-31)38(44)40-34-22-20-33(21-23-34)32-14-7-3-8-15-32/h2-10,12-25H,11,26-29H2,1H3,(H,40,44)(H,42,43). The monoisotopic (exact) mass is 614 g/mol. The normalized spacial score (nSPS) is 12.0. The number of urea groups is 1. The summed E-state index contributed by atoms with van der Waals surface area (Å²) in [6.07, 6.45) is 0.812. The minimum Gasteiger partial charge on any atom is -0.494 e. The molecule has 7 heteroatoms. The Hall–Kier alpha value is -5.56. The molecule has 0 bridgehead atoms. The van der Waals surface area contributed by atoms with Crippen molar-refractivity contribution < 1.29 is 24.2 Å². The first kappa shape index (κ1) is 31.9. The maximum Gasteiger partial charge on any atom is 0.348 e. The van der Waals surface area contributed by atoms with Crippen LogP contribution in [-0.2, 0) is 17.8 Å². The second kappa shape index (κ2) is 15.4. The molecule has 0 aliphatic heterocycles. The van der Waals surface area contributed by atoms with Crippen molar-refractivity contribution in [1.82, 2.24) is 4.90 Å². The van der Waals surface area contributed by atoms with Crippen LogP contribution >= 0.6 is 0 Å². The lowest BCUT2D eigenvalue weighted by Crippen LogP contribution is -2.43. The van der Waals surface area contributed by atoms with Crippen molar-refractivity contribution in [3.8, 4) is 22.6 Å². The minimum atomic E-state index is -1.42. The second-order valence-corrected chi connectivity index (χ2v) is 11.3. The lowest BCUT2D eigenvalue weighted by atomic mass is 9.96. The van der Waals surface area contributed by atoms with E-state index in [0.29, 0.717) is 37.6 Å². The SMILES string of the molecule is CC(Cc1ccc(OCCCN(Cc2ccccc2)C(=O)Nc2ccc(-c3ccccc3)cc2)cc1)(Oc1ccccc1)C(=O)O. The van der Waals surface area contributed by atoms with Crippen LogP contribution in [0.3, 0.4) is 0 Å². The summed E-state index contributed by atoms with van der Waals surface area (Å²) in [5.41, 5.74) is 3.37. The van der Waals surface area contributed by atoms with Crippen LogP contribution in [0.1, 0.15) is 24.5 Å². The molecule has 5 aromatic carbocycles. The predicted molar refractivity (Wildman–Crippen MR) is 181 cm³/mol. The van der Waals surface area contributed by atoms with E-state index in [9.17, 15) is 14.7 Å². The molecule has 2 N–H and O–H groups in total. The first-order chi connectivity index (χ1) is 22.4. The van der Waals surface area contributed by atoms with Gasteiger partial charge in [-0.15, -0.1) is 0 Å². The highest BCUT2D eigenvalue weighted by Crippen LogP contribution is 2.25. The molecule has 0 heterocycles. The van der Waals surface area contributed by atoms with E-state index in [0.717, 1.165) is 27.9 Å². The fourth-order valence-corrected chi connectivity index (χ4v) is 5.08.